The van der Waals surface area contributed by atoms with Gasteiger partial charge in [0.05, 0.1) is 17.9 Å². The van der Waals surface area contributed by atoms with Gasteiger partial charge in [-0.3, -0.25) is 0 Å². The standard InChI is InChI=1S/C12H24N4S/c1-5-7-16-12(8-14-15-16)11(13-6-2)9-17-10(3)4/h8,10-11,13H,5-7,9H2,1-4H3. The lowest BCUT2D eigenvalue weighted by atomic mass is 10.2. The van der Waals surface area contributed by atoms with Gasteiger partial charge >= 0.3 is 0 Å². The van der Waals surface area contributed by atoms with Gasteiger partial charge in [0, 0.05) is 12.3 Å². The second-order valence-electron chi connectivity index (χ2n) is 4.37. The zero-order valence-corrected chi connectivity index (χ0v) is 12.1. The fraction of sp³-hybridized carbons (Fsp3) is 0.833. The summed E-state index contributed by atoms with van der Waals surface area (Å²) in [5, 5.41) is 12.4. The molecule has 0 saturated heterocycles. The van der Waals surface area contributed by atoms with Crippen molar-refractivity contribution in [3.63, 3.8) is 0 Å². The maximum absolute atomic E-state index is 4.15. The highest BCUT2D eigenvalue weighted by Gasteiger charge is 2.16. The van der Waals surface area contributed by atoms with Crippen molar-refractivity contribution in [3.8, 4) is 0 Å². The van der Waals surface area contributed by atoms with Crippen LogP contribution in [0.5, 0.6) is 0 Å². The zero-order chi connectivity index (χ0) is 12.7. The largest absolute Gasteiger partial charge is 0.308 e. The minimum absolute atomic E-state index is 0.356. The molecule has 17 heavy (non-hydrogen) atoms. The third-order valence-corrected chi connectivity index (χ3v) is 3.68. The summed E-state index contributed by atoms with van der Waals surface area (Å²) in [5.41, 5.74) is 1.21. The van der Waals surface area contributed by atoms with Crippen molar-refractivity contribution in [1.82, 2.24) is 20.3 Å². The molecule has 0 aromatic carbocycles. The molecule has 1 atom stereocenters. The molecule has 1 N–H and O–H groups in total. The third kappa shape index (κ3) is 4.68. The molecule has 0 fully saturated rings. The fourth-order valence-corrected chi connectivity index (χ4v) is 2.57. The van der Waals surface area contributed by atoms with Crippen molar-refractivity contribution in [1.29, 1.82) is 0 Å². The second-order valence-corrected chi connectivity index (χ2v) is 5.98. The van der Waals surface area contributed by atoms with Crippen LogP contribution in [0.2, 0.25) is 0 Å². The molecule has 1 aromatic heterocycles. The first-order valence-electron chi connectivity index (χ1n) is 6.42. The third-order valence-electron chi connectivity index (χ3n) is 2.49. The summed E-state index contributed by atoms with van der Waals surface area (Å²) in [7, 11) is 0. The first-order chi connectivity index (χ1) is 8.19. The maximum Gasteiger partial charge on any atom is 0.0764 e. The van der Waals surface area contributed by atoms with E-state index in [1.54, 1.807) is 0 Å². The first kappa shape index (κ1) is 14.5. The highest BCUT2D eigenvalue weighted by atomic mass is 32.2. The maximum atomic E-state index is 4.15. The average Bonchev–Trinajstić information content (AvgIpc) is 2.73. The van der Waals surface area contributed by atoms with Gasteiger partial charge in [0.25, 0.3) is 0 Å². The lowest BCUT2D eigenvalue weighted by molar-refractivity contribution is 0.501. The summed E-state index contributed by atoms with van der Waals surface area (Å²) < 4.78 is 2.02. The van der Waals surface area contributed by atoms with Gasteiger partial charge in [-0.05, 0) is 18.2 Å². The van der Waals surface area contributed by atoms with E-state index >= 15 is 0 Å². The monoisotopic (exact) mass is 256 g/mol. The molecule has 0 aliphatic heterocycles. The first-order valence-corrected chi connectivity index (χ1v) is 7.47. The number of aryl methyl sites for hydroxylation is 1. The van der Waals surface area contributed by atoms with Crippen LogP contribution < -0.4 is 5.32 Å². The van der Waals surface area contributed by atoms with Crippen LogP contribution in [-0.2, 0) is 6.54 Å². The normalized spacial score (nSPS) is 13.2. The number of hydrogen-bond acceptors (Lipinski definition) is 4. The number of hydrogen-bond donors (Lipinski definition) is 1. The van der Waals surface area contributed by atoms with Gasteiger partial charge in [0.15, 0.2) is 0 Å². The second kappa shape index (κ2) is 7.71. The van der Waals surface area contributed by atoms with Crippen LogP contribution in [0.1, 0.15) is 45.9 Å². The van der Waals surface area contributed by atoms with Crippen LogP contribution in [0.4, 0.5) is 0 Å². The van der Waals surface area contributed by atoms with E-state index in [-0.39, 0.29) is 0 Å². The van der Waals surface area contributed by atoms with Crippen molar-refractivity contribution in [3.05, 3.63) is 11.9 Å². The van der Waals surface area contributed by atoms with Crippen LogP contribution in [-0.4, -0.2) is 32.5 Å². The van der Waals surface area contributed by atoms with Crippen molar-refractivity contribution in [2.24, 2.45) is 0 Å². The number of rotatable bonds is 8. The number of thioether (sulfide) groups is 1. The van der Waals surface area contributed by atoms with Gasteiger partial charge in [0.1, 0.15) is 0 Å². The molecular formula is C12H24N4S. The Morgan fingerprint density at radius 1 is 1.41 bits per heavy atom. The number of nitrogens with zero attached hydrogens (tertiary/aromatic N) is 3. The van der Waals surface area contributed by atoms with E-state index < -0.39 is 0 Å². The Morgan fingerprint density at radius 3 is 2.76 bits per heavy atom. The molecule has 1 unspecified atom stereocenters. The van der Waals surface area contributed by atoms with E-state index in [1.807, 2.05) is 22.6 Å². The van der Waals surface area contributed by atoms with E-state index in [4.69, 9.17) is 0 Å². The van der Waals surface area contributed by atoms with Crippen molar-refractivity contribution in [2.75, 3.05) is 12.3 Å². The van der Waals surface area contributed by atoms with E-state index in [9.17, 15) is 0 Å². The van der Waals surface area contributed by atoms with Crippen molar-refractivity contribution in [2.45, 2.75) is 52.0 Å². The van der Waals surface area contributed by atoms with Gasteiger partial charge in [0.2, 0.25) is 0 Å². The minimum atomic E-state index is 0.356. The van der Waals surface area contributed by atoms with E-state index in [1.165, 1.54) is 5.69 Å². The van der Waals surface area contributed by atoms with E-state index in [2.05, 4.69) is 43.3 Å². The van der Waals surface area contributed by atoms with Gasteiger partial charge in [-0.25, -0.2) is 4.68 Å². The molecular weight excluding hydrogens is 232 g/mol. The summed E-state index contributed by atoms with van der Waals surface area (Å²) in [4.78, 5) is 0. The summed E-state index contributed by atoms with van der Waals surface area (Å²) in [6, 6.07) is 0.356. The molecule has 0 bridgehead atoms. The Morgan fingerprint density at radius 2 is 2.18 bits per heavy atom. The Balaban J connectivity index is 2.70. The zero-order valence-electron chi connectivity index (χ0n) is 11.3. The molecule has 0 amide bonds. The highest BCUT2D eigenvalue weighted by molar-refractivity contribution is 7.99. The molecule has 0 radical (unpaired) electrons. The molecule has 0 saturated carbocycles. The molecule has 0 aliphatic rings. The van der Waals surface area contributed by atoms with Crippen LogP contribution in [0.15, 0.2) is 6.20 Å². The minimum Gasteiger partial charge on any atom is -0.308 e. The number of nitrogens with one attached hydrogen (secondary N) is 1. The topological polar surface area (TPSA) is 42.7 Å². The molecule has 0 aliphatic carbocycles. The summed E-state index contributed by atoms with van der Waals surface area (Å²) in [6.07, 6.45) is 2.98. The highest BCUT2D eigenvalue weighted by Crippen LogP contribution is 2.20. The molecule has 1 rings (SSSR count). The quantitative estimate of drug-likeness (QED) is 0.776. The van der Waals surface area contributed by atoms with Crippen molar-refractivity contribution < 1.29 is 0 Å². The van der Waals surface area contributed by atoms with E-state index in [0.29, 0.717) is 11.3 Å². The lowest BCUT2D eigenvalue weighted by Gasteiger charge is -2.19. The Hall–Kier alpha value is -0.550. The van der Waals surface area contributed by atoms with Crippen molar-refractivity contribution >= 4 is 11.8 Å². The Bertz CT molecular complexity index is 311. The van der Waals surface area contributed by atoms with Gasteiger partial charge in [-0.15, -0.1) is 5.10 Å². The van der Waals surface area contributed by atoms with Gasteiger partial charge in [-0.2, -0.15) is 11.8 Å². The fourth-order valence-electron chi connectivity index (χ4n) is 1.71. The predicted molar refractivity (Wildman–Crippen MR) is 74.3 cm³/mol. The Labute approximate surface area is 109 Å². The SMILES string of the molecule is CCCn1nncc1C(CSC(C)C)NCC. The molecule has 1 aromatic rings. The average molecular weight is 256 g/mol. The molecule has 4 nitrogen and oxygen atoms in total. The lowest BCUT2D eigenvalue weighted by Crippen LogP contribution is -2.26. The van der Waals surface area contributed by atoms with Gasteiger partial charge < -0.3 is 5.32 Å². The van der Waals surface area contributed by atoms with Crippen LogP contribution in [0.3, 0.4) is 0 Å². The number of aromatic nitrogens is 3. The molecule has 5 heteroatoms. The predicted octanol–water partition coefficient (Wildman–Crippen LogP) is 2.48. The Kier molecular flexibility index (Phi) is 6.58. The van der Waals surface area contributed by atoms with E-state index in [0.717, 1.165) is 25.3 Å². The summed E-state index contributed by atoms with van der Waals surface area (Å²) in [6.45, 7) is 10.7. The van der Waals surface area contributed by atoms with Gasteiger partial charge in [-0.1, -0.05) is 32.9 Å². The molecule has 1 heterocycles. The summed E-state index contributed by atoms with van der Waals surface area (Å²) in [5.74, 6) is 1.07. The van der Waals surface area contributed by atoms with Crippen LogP contribution >= 0.6 is 11.8 Å². The molecule has 98 valence electrons. The molecule has 0 spiro atoms. The van der Waals surface area contributed by atoms with Crippen LogP contribution in [0.25, 0.3) is 0 Å². The van der Waals surface area contributed by atoms with Crippen LogP contribution in [0, 0.1) is 0 Å². The smallest absolute Gasteiger partial charge is 0.0764 e. The summed E-state index contributed by atoms with van der Waals surface area (Å²) >= 11 is 1.97.